The molecule has 2 unspecified atom stereocenters. The number of benzene rings is 1. The molecule has 0 saturated carbocycles. The highest BCUT2D eigenvalue weighted by Crippen LogP contribution is 2.71. The van der Waals surface area contributed by atoms with Crippen LogP contribution in [0, 0.1) is 17.8 Å². The topological polar surface area (TPSA) is 98.7 Å². The fraction of sp³-hybridized carbons (Fsp3) is 0.625. The van der Waals surface area contributed by atoms with E-state index in [-0.39, 0.29) is 30.2 Å². The number of carbonyl (C=O) groups excluding carboxylic acids is 3. The van der Waals surface area contributed by atoms with Crippen molar-refractivity contribution in [3.63, 3.8) is 0 Å². The summed E-state index contributed by atoms with van der Waals surface area (Å²) < 4.78 is -1.11. The van der Waals surface area contributed by atoms with E-state index in [4.69, 9.17) is 11.6 Å². The number of fused-ring (bicyclic) bond motifs is 1. The number of hydrogen-bond acceptors (Lipinski definition) is 5. The molecular weight excluding hydrogens is 462 g/mol. The molecule has 7 nitrogen and oxygen atoms in total. The summed E-state index contributed by atoms with van der Waals surface area (Å²) in [5.41, 5.74) is 0.590. The molecule has 0 aromatic heterocycles. The number of anilines is 1. The Bertz CT molecular complexity index is 960. The van der Waals surface area contributed by atoms with Crippen LogP contribution in [0.3, 0.4) is 0 Å². The Labute approximate surface area is 204 Å². The van der Waals surface area contributed by atoms with Crippen LogP contribution in [0.1, 0.15) is 40.0 Å². The maximum Gasteiger partial charge on any atom is 0.248 e. The molecule has 3 fully saturated rings. The number of aliphatic hydroxyl groups excluding tert-OH is 1. The Morgan fingerprint density at radius 3 is 2.52 bits per heavy atom. The molecule has 9 heteroatoms. The van der Waals surface area contributed by atoms with Gasteiger partial charge in [-0.1, -0.05) is 31.9 Å². The van der Waals surface area contributed by atoms with Crippen molar-refractivity contribution in [2.24, 2.45) is 17.8 Å². The molecule has 3 saturated heterocycles. The van der Waals surface area contributed by atoms with Crippen molar-refractivity contribution >= 4 is 46.8 Å². The zero-order valence-electron chi connectivity index (χ0n) is 19.4. The quantitative estimate of drug-likeness (QED) is 0.542. The molecule has 1 aromatic rings. The van der Waals surface area contributed by atoms with Gasteiger partial charge in [-0.2, -0.15) is 0 Å². The van der Waals surface area contributed by atoms with Crippen LogP contribution in [0.4, 0.5) is 5.69 Å². The summed E-state index contributed by atoms with van der Waals surface area (Å²) in [6, 6.07) is 5.57. The minimum Gasteiger partial charge on any atom is -0.394 e. The van der Waals surface area contributed by atoms with E-state index in [0.717, 1.165) is 12.8 Å². The third-order valence-corrected chi connectivity index (χ3v) is 10.2. The molecule has 2 bridgehead atoms. The van der Waals surface area contributed by atoms with E-state index in [0.29, 0.717) is 17.1 Å². The fourth-order valence-electron chi connectivity index (χ4n) is 6.14. The van der Waals surface area contributed by atoms with Gasteiger partial charge in [0.1, 0.15) is 6.04 Å². The van der Waals surface area contributed by atoms with Crippen molar-refractivity contribution in [3.05, 3.63) is 29.3 Å². The molecule has 3 N–H and O–H groups in total. The molecule has 7 atom stereocenters. The molecule has 0 aliphatic carbocycles. The van der Waals surface area contributed by atoms with E-state index in [1.165, 1.54) is 0 Å². The third kappa shape index (κ3) is 3.65. The number of nitrogens with zero attached hydrogens (tertiary/aromatic N) is 1. The summed E-state index contributed by atoms with van der Waals surface area (Å²) >= 11 is 7.61. The largest absolute Gasteiger partial charge is 0.394 e. The average molecular weight is 494 g/mol. The second kappa shape index (κ2) is 8.78. The lowest BCUT2D eigenvalue weighted by molar-refractivity contribution is -0.143. The summed E-state index contributed by atoms with van der Waals surface area (Å²) in [5, 5.41) is 16.6. The van der Waals surface area contributed by atoms with E-state index < -0.39 is 33.4 Å². The summed E-state index contributed by atoms with van der Waals surface area (Å²) in [6.07, 6.45) is 2.18. The second-order valence-electron chi connectivity index (χ2n) is 9.72. The third-order valence-electron chi connectivity index (χ3n) is 7.95. The monoisotopic (exact) mass is 493 g/mol. The first-order valence-electron chi connectivity index (χ1n) is 11.5. The number of thioether (sulfide) groups is 1. The lowest BCUT2D eigenvalue weighted by atomic mass is 9.66. The van der Waals surface area contributed by atoms with E-state index in [9.17, 15) is 19.5 Å². The highest BCUT2D eigenvalue weighted by atomic mass is 35.5. The summed E-state index contributed by atoms with van der Waals surface area (Å²) in [5.74, 6) is -1.76. The lowest BCUT2D eigenvalue weighted by Gasteiger charge is -2.39. The molecule has 3 aliphatic heterocycles. The predicted molar refractivity (Wildman–Crippen MR) is 130 cm³/mol. The molecule has 1 aromatic carbocycles. The minimum atomic E-state index is -0.779. The predicted octanol–water partition coefficient (Wildman–Crippen LogP) is 2.91. The average Bonchev–Trinajstić information content (AvgIpc) is 3.36. The Hall–Kier alpha value is -1.77. The minimum absolute atomic E-state index is 0.00348. The fourth-order valence-corrected chi connectivity index (χ4v) is 8.60. The standard InChI is InChI=1S/C24H32ClN3O4S/c1-5-13(2)16(12-29)28-19(21(31)27-15-8-6-14(25)7-9-15)24-11-10-23(3,33-24)17(20(30)26-4)18(24)22(28)32/h6-9,13,16-19,29H,5,10-12H2,1-4H3,(H,26,30)(H,27,31)/t13-,16-,17-,18-,19?,23+,24?/m0/s1. The van der Waals surface area contributed by atoms with E-state index in [1.54, 1.807) is 48.0 Å². The maximum atomic E-state index is 14.0. The van der Waals surface area contributed by atoms with Gasteiger partial charge in [-0.3, -0.25) is 14.4 Å². The summed E-state index contributed by atoms with van der Waals surface area (Å²) in [4.78, 5) is 42.4. The van der Waals surface area contributed by atoms with Gasteiger partial charge in [-0.05, 0) is 49.9 Å². The van der Waals surface area contributed by atoms with Crippen molar-refractivity contribution in [2.75, 3.05) is 19.0 Å². The zero-order valence-corrected chi connectivity index (χ0v) is 21.0. The molecular formula is C24H32ClN3O4S. The normalized spacial score (nSPS) is 34.2. The van der Waals surface area contributed by atoms with Gasteiger partial charge in [0.15, 0.2) is 0 Å². The number of rotatable bonds is 7. The Balaban J connectivity index is 1.79. The molecule has 4 rings (SSSR count). The second-order valence-corrected chi connectivity index (χ2v) is 12.1. The van der Waals surface area contributed by atoms with Gasteiger partial charge in [0.2, 0.25) is 17.7 Å². The SMILES string of the molecule is CC[C@H](C)[C@H](CO)N1C(=O)[C@@H]2[C@@H](C(=O)NC)[C@@]3(C)CCC2(S3)C1C(=O)Nc1ccc(Cl)cc1. The first-order chi connectivity index (χ1) is 15.6. The van der Waals surface area contributed by atoms with Gasteiger partial charge in [-0.15, -0.1) is 11.8 Å². The summed E-state index contributed by atoms with van der Waals surface area (Å²) in [6.45, 7) is 5.79. The van der Waals surface area contributed by atoms with Crippen molar-refractivity contribution in [1.29, 1.82) is 0 Å². The first-order valence-corrected chi connectivity index (χ1v) is 12.7. The highest BCUT2D eigenvalue weighted by molar-refractivity contribution is 8.02. The molecule has 3 heterocycles. The van der Waals surface area contributed by atoms with Crippen LogP contribution < -0.4 is 10.6 Å². The van der Waals surface area contributed by atoms with E-state index in [1.807, 2.05) is 20.8 Å². The summed E-state index contributed by atoms with van der Waals surface area (Å²) in [7, 11) is 1.59. The number of hydrogen-bond donors (Lipinski definition) is 3. The Kier molecular flexibility index (Phi) is 6.48. The molecule has 3 aliphatic rings. The van der Waals surface area contributed by atoms with Gasteiger partial charge in [-0.25, -0.2) is 0 Å². The van der Waals surface area contributed by atoms with Gasteiger partial charge in [0.05, 0.1) is 29.2 Å². The van der Waals surface area contributed by atoms with Gasteiger partial charge >= 0.3 is 0 Å². The first kappa shape index (κ1) is 24.4. The number of aliphatic hydroxyl groups is 1. The molecule has 3 amide bonds. The maximum absolute atomic E-state index is 14.0. The molecule has 0 radical (unpaired) electrons. The Morgan fingerprint density at radius 1 is 1.27 bits per heavy atom. The van der Waals surface area contributed by atoms with Gasteiger partial charge in [0.25, 0.3) is 0 Å². The van der Waals surface area contributed by atoms with Crippen molar-refractivity contribution in [2.45, 2.75) is 61.6 Å². The van der Waals surface area contributed by atoms with Crippen molar-refractivity contribution in [1.82, 2.24) is 10.2 Å². The molecule has 33 heavy (non-hydrogen) atoms. The number of amides is 3. The van der Waals surface area contributed by atoms with Crippen molar-refractivity contribution < 1.29 is 19.5 Å². The van der Waals surface area contributed by atoms with E-state index >= 15 is 0 Å². The van der Waals surface area contributed by atoms with Crippen LogP contribution in [-0.4, -0.2) is 63.0 Å². The smallest absolute Gasteiger partial charge is 0.248 e. The van der Waals surface area contributed by atoms with E-state index in [2.05, 4.69) is 10.6 Å². The lowest BCUT2D eigenvalue weighted by Crippen LogP contribution is -2.56. The number of carbonyl (C=O) groups is 3. The van der Waals surface area contributed by atoms with Crippen LogP contribution in [0.15, 0.2) is 24.3 Å². The number of halogens is 1. The Morgan fingerprint density at radius 2 is 1.94 bits per heavy atom. The van der Waals surface area contributed by atoms with Gasteiger partial charge < -0.3 is 20.6 Å². The molecule has 180 valence electrons. The van der Waals surface area contributed by atoms with Crippen LogP contribution >= 0.6 is 23.4 Å². The van der Waals surface area contributed by atoms with Crippen LogP contribution in [-0.2, 0) is 14.4 Å². The number of nitrogens with one attached hydrogen (secondary N) is 2. The van der Waals surface area contributed by atoms with Crippen LogP contribution in [0.5, 0.6) is 0 Å². The zero-order chi connectivity index (χ0) is 24.1. The number of likely N-dealkylation sites (tertiary alicyclic amines) is 1. The van der Waals surface area contributed by atoms with Crippen LogP contribution in [0.25, 0.3) is 0 Å². The molecule has 1 spiro atoms. The van der Waals surface area contributed by atoms with Crippen molar-refractivity contribution in [3.8, 4) is 0 Å². The van der Waals surface area contributed by atoms with Crippen LogP contribution in [0.2, 0.25) is 5.02 Å². The van der Waals surface area contributed by atoms with Gasteiger partial charge in [0, 0.05) is 22.5 Å². The highest BCUT2D eigenvalue weighted by Gasteiger charge is 2.77.